The molecular formula is C21H32N3O7PS. The molecule has 0 aliphatic carbocycles. The maximum absolute atomic E-state index is 12.9. The molecule has 3 heterocycles. The van der Waals surface area contributed by atoms with E-state index in [0.29, 0.717) is 21.4 Å². The molecule has 12 heteroatoms. The summed E-state index contributed by atoms with van der Waals surface area (Å²) >= 11 is 5.43. The Morgan fingerprint density at radius 3 is 2.58 bits per heavy atom. The van der Waals surface area contributed by atoms with Crippen LogP contribution in [0.5, 0.6) is 0 Å². The lowest BCUT2D eigenvalue weighted by Gasteiger charge is -2.37. The number of pyridine rings is 1. The number of nitrogens with zero attached hydrogens (tertiary/aromatic N) is 2. The van der Waals surface area contributed by atoms with Gasteiger partial charge in [-0.25, -0.2) is 4.98 Å². The predicted octanol–water partition coefficient (Wildman–Crippen LogP) is 3.30. The zero-order valence-electron chi connectivity index (χ0n) is 19.6. The normalized spacial score (nSPS) is 27.4. The summed E-state index contributed by atoms with van der Waals surface area (Å²) in [5, 5.41) is 20.0. The lowest BCUT2D eigenvalue weighted by molar-refractivity contribution is -0.0482. The van der Waals surface area contributed by atoms with E-state index < -0.39 is 43.0 Å². The van der Waals surface area contributed by atoms with Gasteiger partial charge in [0.15, 0.2) is 11.0 Å². The van der Waals surface area contributed by atoms with Crippen LogP contribution in [0.25, 0.3) is 11.2 Å². The van der Waals surface area contributed by atoms with E-state index in [0.717, 1.165) is 5.69 Å². The molecule has 10 nitrogen and oxygen atoms in total. The number of hydrogen-bond acceptors (Lipinski definition) is 9. The van der Waals surface area contributed by atoms with Gasteiger partial charge in [0, 0.05) is 25.3 Å². The standard InChI is InChI=1S/C21H32N3O7PS/c1-7-21(5,29-6)32(27,28)31-20(3,4)9-14-15(25)16(26)17(30-14)12-8-13-18(24-19(12)33)23-11(2)10-22-13/h8,10,14-17,25-26H,7,9H2,1-6H3,(H,27,28)(H,23,24,33). The van der Waals surface area contributed by atoms with Gasteiger partial charge in [-0.3, -0.25) is 9.55 Å². The molecule has 0 radical (unpaired) electrons. The maximum atomic E-state index is 12.9. The van der Waals surface area contributed by atoms with Crippen LogP contribution in [0.1, 0.15) is 57.9 Å². The van der Waals surface area contributed by atoms with Crippen LogP contribution >= 0.6 is 19.8 Å². The van der Waals surface area contributed by atoms with E-state index in [2.05, 4.69) is 15.0 Å². The minimum absolute atomic E-state index is 0.0405. The third-order valence-corrected chi connectivity index (χ3v) is 8.91. The molecule has 2 aromatic heterocycles. The molecule has 0 amide bonds. The van der Waals surface area contributed by atoms with Crippen molar-refractivity contribution < 1.29 is 33.7 Å². The molecule has 6 atom stereocenters. The van der Waals surface area contributed by atoms with Crippen molar-refractivity contribution in [1.29, 1.82) is 0 Å². The van der Waals surface area contributed by atoms with Crippen molar-refractivity contribution in [2.75, 3.05) is 7.11 Å². The van der Waals surface area contributed by atoms with E-state index in [1.165, 1.54) is 14.0 Å². The van der Waals surface area contributed by atoms with Crippen molar-refractivity contribution in [2.45, 2.75) is 82.8 Å². The first-order chi connectivity index (χ1) is 15.2. The average Bonchev–Trinajstić information content (AvgIpc) is 2.99. The van der Waals surface area contributed by atoms with Gasteiger partial charge in [0.1, 0.15) is 28.5 Å². The Kier molecular flexibility index (Phi) is 7.49. The number of rotatable bonds is 8. The number of fused-ring (bicyclic) bond motifs is 1. The molecule has 33 heavy (non-hydrogen) atoms. The van der Waals surface area contributed by atoms with Crippen LogP contribution in [0.3, 0.4) is 0 Å². The topological polar surface area (TPSA) is 147 Å². The van der Waals surface area contributed by atoms with Crippen molar-refractivity contribution in [3.63, 3.8) is 0 Å². The van der Waals surface area contributed by atoms with E-state index in [4.69, 9.17) is 26.2 Å². The summed E-state index contributed by atoms with van der Waals surface area (Å²) < 4.78 is 30.1. The Hall–Kier alpha value is -1.30. The number of aromatic amines is 1. The number of hydrogen-bond donors (Lipinski definition) is 4. The van der Waals surface area contributed by atoms with Crippen molar-refractivity contribution >= 4 is 31.0 Å². The van der Waals surface area contributed by atoms with Crippen LogP contribution in [-0.2, 0) is 18.6 Å². The molecular weight excluding hydrogens is 469 g/mol. The highest BCUT2D eigenvalue weighted by atomic mass is 32.1. The number of H-pyrrole nitrogens is 1. The molecule has 1 aliphatic rings. The fraction of sp³-hybridized carbons (Fsp3) is 0.667. The number of aromatic nitrogens is 3. The number of nitrogens with one attached hydrogen (secondary N) is 1. The second-order valence-corrected chi connectivity index (χ2v) is 11.8. The average molecular weight is 502 g/mol. The first-order valence-corrected chi connectivity index (χ1v) is 12.7. The van der Waals surface area contributed by atoms with Crippen molar-refractivity contribution in [2.24, 2.45) is 0 Å². The summed E-state index contributed by atoms with van der Waals surface area (Å²) in [5.74, 6) is 0. The Morgan fingerprint density at radius 2 is 1.97 bits per heavy atom. The van der Waals surface area contributed by atoms with Gasteiger partial charge in [-0.15, -0.1) is 0 Å². The van der Waals surface area contributed by atoms with Gasteiger partial charge in [-0.2, -0.15) is 0 Å². The van der Waals surface area contributed by atoms with E-state index >= 15 is 0 Å². The van der Waals surface area contributed by atoms with Crippen LogP contribution in [0.2, 0.25) is 0 Å². The number of methoxy groups -OCH3 is 1. The van der Waals surface area contributed by atoms with Crippen LogP contribution in [-0.4, -0.2) is 66.4 Å². The molecule has 0 saturated carbocycles. The van der Waals surface area contributed by atoms with E-state index in [1.807, 2.05) is 6.92 Å². The van der Waals surface area contributed by atoms with Gasteiger partial charge in [0.25, 0.3) is 0 Å². The van der Waals surface area contributed by atoms with E-state index in [9.17, 15) is 19.7 Å². The molecule has 0 bridgehead atoms. The number of aliphatic hydroxyl groups is 2. The van der Waals surface area contributed by atoms with Gasteiger partial charge in [-0.05, 0) is 40.2 Å². The fourth-order valence-corrected chi connectivity index (χ4v) is 5.72. The summed E-state index contributed by atoms with van der Waals surface area (Å²) in [6.45, 7) is 8.30. The smallest absolute Gasteiger partial charge is 0.359 e. The third kappa shape index (κ3) is 5.21. The molecule has 0 spiro atoms. The monoisotopic (exact) mass is 501 g/mol. The quantitative estimate of drug-likeness (QED) is 0.314. The highest BCUT2D eigenvalue weighted by Gasteiger charge is 2.50. The Balaban J connectivity index is 1.83. The zero-order valence-corrected chi connectivity index (χ0v) is 21.3. The number of aliphatic hydroxyl groups excluding tert-OH is 2. The lowest BCUT2D eigenvalue weighted by atomic mass is 9.95. The molecule has 3 rings (SSSR count). The van der Waals surface area contributed by atoms with Crippen molar-refractivity contribution in [3.8, 4) is 0 Å². The molecule has 6 unspecified atom stereocenters. The van der Waals surface area contributed by atoms with Crippen LogP contribution < -0.4 is 0 Å². The summed E-state index contributed by atoms with van der Waals surface area (Å²) in [5.41, 5.74) is 1.08. The second kappa shape index (κ2) is 9.39. The summed E-state index contributed by atoms with van der Waals surface area (Å²) in [4.78, 5) is 22.2. The fourth-order valence-electron chi connectivity index (χ4n) is 3.88. The van der Waals surface area contributed by atoms with E-state index in [-0.39, 0.29) is 12.8 Å². The molecule has 2 aromatic rings. The highest BCUT2D eigenvalue weighted by Crippen LogP contribution is 2.60. The molecule has 0 aromatic carbocycles. The largest absolute Gasteiger partial charge is 0.388 e. The SMILES string of the molecule is CCC(C)(OC)P(=O)(O)OC(C)(C)CC1OC(c2cc3ncc(C)nc3[nH]c2=S)C(O)C1O. The first kappa shape index (κ1) is 26.3. The predicted molar refractivity (Wildman–Crippen MR) is 124 cm³/mol. The van der Waals surface area contributed by atoms with E-state index in [1.54, 1.807) is 33.0 Å². The van der Waals surface area contributed by atoms with Crippen molar-refractivity contribution in [1.82, 2.24) is 15.0 Å². The second-order valence-electron chi connectivity index (χ2n) is 9.18. The third-order valence-electron chi connectivity index (χ3n) is 6.13. The first-order valence-electron chi connectivity index (χ1n) is 10.7. The minimum atomic E-state index is -4.20. The Labute approximate surface area is 197 Å². The van der Waals surface area contributed by atoms with Crippen molar-refractivity contribution in [3.05, 3.63) is 28.2 Å². The summed E-state index contributed by atoms with van der Waals surface area (Å²) in [6.07, 6.45) is -2.40. The lowest BCUT2D eigenvalue weighted by Crippen LogP contribution is -2.39. The molecule has 184 valence electrons. The zero-order chi connectivity index (χ0) is 24.8. The molecule has 1 aliphatic heterocycles. The van der Waals surface area contributed by atoms with Gasteiger partial charge >= 0.3 is 7.60 Å². The highest BCUT2D eigenvalue weighted by molar-refractivity contribution is 7.71. The minimum Gasteiger partial charge on any atom is -0.388 e. The van der Waals surface area contributed by atoms with Gasteiger partial charge in [0.05, 0.1) is 17.4 Å². The van der Waals surface area contributed by atoms with Gasteiger partial charge in [0.2, 0.25) is 0 Å². The number of ether oxygens (including phenoxy) is 2. The maximum Gasteiger partial charge on any atom is 0.359 e. The van der Waals surface area contributed by atoms with Gasteiger partial charge in [-0.1, -0.05) is 19.1 Å². The van der Waals surface area contributed by atoms with Crippen LogP contribution in [0, 0.1) is 11.6 Å². The summed E-state index contributed by atoms with van der Waals surface area (Å²) in [7, 11) is -2.85. The van der Waals surface area contributed by atoms with Gasteiger partial charge < -0.3 is 34.1 Å². The van der Waals surface area contributed by atoms with Crippen LogP contribution in [0.15, 0.2) is 12.3 Å². The van der Waals surface area contributed by atoms with Crippen LogP contribution in [0.4, 0.5) is 0 Å². The number of aryl methyl sites for hydroxylation is 1. The Bertz CT molecular complexity index is 1120. The Morgan fingerprint density at radius 1 is 1.30 bits per heavy atom. The molecule has 1 saturated heterocycles. The molecule has 4 N–H and O–H groups in total. The summed E-state index contributed by atoms with van der Waals surface area (Å²) in [6, 6.07) is 1.68. The molecule has 1 fully saturated rings.